The predicted molar refractivity (Wildman–Crippen MR) is 34.7 cm³/mol. The van der Waals surface area contributed by atoms with Crippen molar-refractivity contribution in [1.82, 2.24) is 12.3 Å². The average molecular weight is 254 g/mol. The summed E-state index contributed by atoms with van der Waals surface area (Å²) < 4.78 is 32.8. The Balaban J connectivity index is -0.0000000146. The molecule has 13 heavy (non-hydrogen) atoms. The zero-order valence-electron chi connectivity index (χ0n) is 7.13. The fraction of sp³-hybridized carbons (Fsp3) is 0. The molecule has 80 valence electrons. The zero-order valence-corrected chi connectivity index (χ0v) is 10.7. The first-order valence-corrected chi connectivity index (χ1v) is 2.60. The summed E-state index contributed by atoms with van der Waals surface area (Å²) in [6, 6.07) is 0. The molecule has 0 aromatic rings. The van der Waals surface area contributed by atoms with Crippen molar-refractivity contribution in [3.63, 3.8) is 0 Å². The van der Waals surface area contributed by atoms with Gasteiger partial charge in [0.1, 0.15) is 0 Å². The van der Waals surface area contributed by atoms with Crippen LogP contribution in [0.25, 0.3) is 0 Å². The Morgan fingerprint density at radius 1 is 1.15 bits per heavy atom. The van der Waals surface area contributed by atoms with E-state index >= 15 is 0 Å². The molecule has 0 atom stereocenters. The molecule has 0 aliphatic rings. The molecular formula is H9ClN3NaO7S. The molecule has 0 spiro atoms. The van der Waals surface area contributed by atoms with Gasteiger partial charge in [0.25, 0.3) is 0 Å². The molecule has 0 aromatic heterocycles. The van der Waals surface area contributed by atoms with Crippen molar-refractivity contribution in [3.05, 3.63) is 15.3 Å². The van der Waals surface area contributed by atoms with Crippen molar-refractivity contribution in [2.24, 2.45) is 0 Å². The number of hydrogen-bond acceptors (Lipinski definition) is 6. The Morgan fingerprint density at radius 3 is 1.15 bits per heavy atom. The normalized spacial score (nSPS) is 6.31. The monoisotopic (exact) mass is 253 g/mol. The molecule has 0 aliphatic heterocycles. The van der Waals surface area contributed by atoms with E-state index in [-0.39, 0.29) is 54.3 Å². The maximum atomic E-state index is 8.63. The van der Waals surface area contributed by atoms with Gasteiger partial charge in [-0.1, -0.05) is 0 Å². The maximum absolute atomic E-state index is 8.63. The molecule has 0 amide bonds. The molecule has 0 unspecified atom stereocenters. The number of nitrogens with zero attached hydrogens (tertiary/aromatic N) is 1. The van der Waals surface area contributed by atoms with Crippen LogP contribution in [0.4, 0.5) is 0 Å². The van der Waals surface area contributed by atoms with Gasteiger partial charge in [-0.3, -0.25) is 4.55 Å². The Morgan fingerprint density at radius 2 is 1.15 bits per heavy atom. The van der Waals surface area contributed by atoms with E-state index < -0.39 is 15.5 Å². The van der Waals surface area contributed by atoms with Gasteiger partial charge in [0.05, 0.1) is 5.09 Å². The van der Waals surface area contributed by atoms with Crippen molar-refractivity contribution in [3.8, 4) is 0 Å². The second kappa shape index (κ2) is 18.1. The van der Waals surface area contributed by atoms with E-state index in [0.717, 1.165) is 0 Å². The summed E-state index contributed by atoms with van der Waals surface area (Å²) in [5, 5.41) is 14.8. The van der Waals surface area contributed by atoms with Crippen LogP contribution in [-0.4, -0.2) is 22.6 Å². The first-order valence-electron chi connectivity index (χ1n) is 1.23. The number of halogens is 1. The van der Waals surface area contributed by atoms with Crippen molar-refractivity contribution >= 4 is 10.4 Å². The molecule has 9 N–H and O–H groups in total. The van der Waals surface area contributed by atoms with Gasteiger partial charge in [-0.2, -0.15) is 0 Å². The summed E-state index contributed by atoms with van der Waals surface area (Å²) in [6.45, 7) is 0. The van der Waals surface area contributed by atoms with Crippen molar-refractivity contribution in [2.75, 3.05) is 0 Å². The standard InChI is InChI=1S/ClH.NO3.2H3N.Na.H2O4S/c;2-1(3)4;;;;1-5(2,3)4/h1H;;2*1H3;;(H2,1,2,3,4)/q;-1;;;+1;. The third kappa shape index (κ3) is 16600. The van der Waals surface area contributed by atoms with Crippen LogP contribution in [0.1, 0.15) is 0 Å². The molecule has 0 saturated heterocycles. The second-order valence-corrected chi connectivity index (χ2v) is 1.51. The Kier molecular flexibility index (Phi) is 52.7. The third-order valence-electron chi connectivity index (χ3n) is 0. The minimum atomic E-state index is -4.92. The molecule has 0 bridgehead atoms. The van der Waals surface area contributed by atoms with Crippen LogP contribution in [-0.2, 0) is 10.4 Å². The van der Waals surface area contributed by atoms with Gasteiger partial charge in [-0.05, 0) is 0 Å². The van der Waals surface area contributed by atoms with Crippen LogP contribution in [0.15, 0.2) is 0 Å². The summed E-state index contributed by atoms with van der Waals surface area (Å²) in [5.41, 5.74) is 0. The topological polar surface area (TPSA) is 217 Å². The minimum absolute atomic E-state index is 0. The molecule has 0 rings (SSSR count). The summed E-state index contributed by atoms with van der Waals surface area (Å²) in [7, 11) is -4.92. The fourth-order valence-electron chi connectivity index (χ4n) is 0. The van der Waals surface area contributed by atoms with Crippen LogP contribution in [0, 0.1) is 15.3 Å². The SMILES string of the molecule is O=S(=O)([O-])O.O=[N+]([O-])[O-].[Cl-].[NH4+].[NH4+].[Na+]. The van der Waals surface area contributed by atoms with E-state index in [2.05, 4.69) is 0 Å². The van der Waals surface area contributed by atoms with Crippen LogP contribution >= 0.6 is 0 Å². The smallest absolute Gasteiger partial charge is 1.00 e. The Labute approximate surface area is 102 Å². The van der Waals surface area contributed by atoms with E-state index in [4.69, 9.17) is 32.8 Å². The largest absolute Gasteiger partial charge is 1.00 e. The summed E-state index contributed by atoms with van der Waals surface area (Å²) in [5.74, 6) is 0. The zero-order chi connectivity index (χ0) is 8.08. The van der Waals surface area contributed by atoms with E-state index in [1.54, 1.807) is 0 Å². The van der Waals surface area contributed by atoms with Crippen molar-refractivity contribution < 1.29 is 64.6 Å². The summed E-state index contributed by atoms with van der Waals surface area (Å²) in [4.78, 5) is 8.25. The number of hydrogen-bond donors (Lipinski definition) is 3. The molecule has 13 heteroatoms. The molecule has 0 saturated carbocycles. The minimum Gasteiger partial charge on any atom is -1.00 e. The van der Waals surface area contributed by atoms with E-state index in [9.17, 15) is 0 Å². The van der Waals surface area contributed by atoms with Gasteiger partial charge < -0.3 is 44.6 Å². The van der Waals surface area contributed by atoms with Gasteiger partial charge in [0, 0.05) is 0 Å². The Bertz CT molecular complexity index is 166. The average Bonchev–Trinajstić information content (AvgIpc) is 1.19. The van der Waals surface area contributed by atoms with E-state index in [1.165, 1.54) is 0 Å². The molecule has 0 fully saturated rings. The van der Waals surface area contributed by atoms with Crippen LogP contribution < -0.4 is 54.3 Å². The first kappa shape index (κ1) is 37.8. The van der Waals surface area contributed by atoms with Gasteiger partial charge in [-0.25, -0.2) is 8.42 Å². The van der Waals surface area contributed by atoms with Gasteiger partial charge >= 0.3 is 29.6 Å². The fourth-order valence-corrected chi connectivity index (χ4v) is 0. The van der Waals surface area contributed by atoms with Gasteiger partial charge in [0.15, 0.2) is 0 Å². The predicted octanol–water partition coefficient (Wildman–Crippen LogP) is -6.47. The quantitative estimate of drug-likeness (QED) is 0.124. The second-order valence-electron chi connectivity index (χ2n) is 0.651. The van der Waals surface area contributed by atoms with Crippen molar-refractivity contribution in [1.29, 1.82) is 0 Å². The van der Waals surface area contributed by atoms with Crippen LogP contribution in [0.3, 0.4) is 0 Å². The van der Waals surface area contributed by atoms with Crippen LogP contribution in [0.5, 0.6) is 0 Å². The van der Waals surface area contributed by atoms with E-state index in [0.29, 0.717) is 0 Å². The molecule has 0 aliphatic carbocycles. The molecule has 0 aromatic carbocycles. The number of quaternary nitrogens is 2. The van der Waals surface area contributed by atoms with Crippen molar-refractivity contribution in [2.45, 2.75) is 0 Å². The first-order chi connectivity index (χ1) is 3.73. The molecular weight excluding hydrogens is 245 g/mol. The van der Waals surface area contributed by atoms with Gasteiger partial charge in [0.2, 0.25) is 10.4 Å². The Hall–Kier alpha value is 0.280. The molecule has 0 heterocycles. The maximum Gasteiger partial charge on any atom is 1.00 e. The van der Waals surface area contributed by atoms with Crippen LogP contribution in [0.2, 0.25) is 0 Å². The summed E-state index contributed by atoms with van der Waals surface area (Å²) in [6.07, 6.45) is 0. The summed E-state index contributed by atoms with van der Waals surface area (Å²) >= 11 is 0. The molecule has 10 nitrogen and oxygen atoms in total. The van der Waals surface area contributed by atoms with Gasteiger partial charge in [-0.15, -0.1) is 0 Å². The number of rotatable bonds is 0. The third-order valence-corrected chi connectivity index (χ3v) is 0. The van der Waals surface area contributed by atoms with E-state index in [1.807, 2.05) is 0 Å². The molecule has 0 radical (unpaired) electrons.